The predicted molar refractivity (Wildman–Crippen MR) is 93.8 cm³/mol. The van der Waals surface area contributed by atoms with Crippen LogP contribution in [0.5, 0.6) is 11.5 Å². The van der Waals surface area contributed by atoms with Crippen LogP contribution in [0.15, 0.2) is 48.5 Å². The lowest BCUT2D eigenvalue weighted by molar-refractivity contribution is 0.0945. The maximum Gasteiger partial charge on any atom is 0.255 e. The molecule has 0 radical (unpaired) electrons. The molecule has 24 heavy (non-hydrogen) atoms. The van der Waals surface area contributed by atoms with Crippen molar-refractivity contribution in [1.82, 2.24) is 5.32 Å². The third kappa shape index (κ3) is 3.62. The molecule has 5 nitrogen and oxygen atoms in total. The summed E-state index contributed by atoms with van der Waals surface area (Å²) in [7, 11) is 1.52. The van der Waals surface area contributed by atoms with Gasteiger partial charge < -0.3 is 20.1 Å². The van der Waals surface area contributed by atoms with E-state index in [-0.39, 0.29) is 17.2 Å². The standard InChI is InChI=1S/C19H22N2O3/c1-24-16-7-8-17(18(22)11-16)19(23)20-12-14-9-10-21(13-14)15-5-3-2-4-6-15/h2-8,11,14,22H,9-10,12-13H2,1H3,(H,20,23)/t14-/m0/s1. The highest BCUT2D eigenvalue weighted by molar-refractivity contribution is 5.97. The molecule has 2 N–H and O–H groups in total. The van der Waals surface area contributed by atoms with Crippen molar-refractivity contribution in [2.24, 2.45) is 5.92 Å². The number of carbonyl (C=O) groups excluding carboxylic acids is 1. The van der Waals surface area contributed by atoms with E-state index in [1.165, 1.54) is 18.9 Å². The Morgan fingerprint density at radius 2 is 2.08 bits per heavy atom. The molecule has 1 atom stereocenters. The van der Waals surface area contributed by atoms with E-state index in [9.17, 15) is 9.90 Å². The van der Waals surface area contributed by atoms with Crippen molar-refractivity contribution in [3.63, 3.8) is 0 Å². The van der Waals surface area contributed by atoms with Gasteiger partial charge in [0.2, 0.25) is 0 Å². The van der Waals surface area contributed by atoms with Gasteiger partial charge in [0.05, 0.1) is 12.7 Å². The van der Waals surface area contributed by atoms with E-state index in [1.807, 2.05) is 18.2 Å². The molecule has 0 aliphatic carbocycles. The van der Waals surface area contributed by atoms with Gasteiger partial charge in [0.1, 0.15) is 11.5 Å². The number of ether oxygens (including phenoxy) is 1. The van der Waals surface area contributed by atoms with Crippen LogP contribution in [0.25, 0.3) is 0 Å². The van der Waals surface area contributed by atoms with Crippen molar-refractivity contribution < 1.29 is 14.6 Å². The topological polar surface area (TPSA) is 61.8 Å². The molecule has 2 aromatic rings. The van der Waals surface area contributed by atoms with Gasteiger partial charge in [-0.15, -0.1) is 0 Å². The van der Waals surface area contributed by atoms with Gasteiger partial charge in [0.25, 0.3) is 5.91 Å². The summed E-state index contributed by atoms with van der Waals surface area (Å²) in [4.78, 5) is 14.6. The van der Waals surface area contributed by atoms with Crippen LogP contribution < -0.4 is 15.0 Å². The van der Waals surface area contributed by atoms with E-state index >= 15 is 0 Å². The first-order valence-corrected chi connectivity index (χ1v) is 8.12. The number of carbonyl (C=O) groups is 1. The van der Waals surface area contributed by atoms with Gasteiger partial charge in [-0.05, 0) is 36.6 Å². The molecule has 0 saturated carbocycles. The van der Waals surface area contributed by atoms with Gasteiger partial charge in [-0.3, -0.25) is 4.79 Å². The highest BCUT2D eigenvalue weighted by Gasteiger charge is 2.23. The molecule has 1 heterocycles. The summed E-state index contributed by atoms with van der Waals surface area (Å²) >= 11 is 0. The van der Waals surface area contributed by atoms with Crippen LogP contribution in [-0.2, 0) is 0 Å². The van der Waals surface area contributed by atoms with Gasteiger partial charge in [0.15, 0.2) is 0 Å². The van der Waals surface area contributed by atoms with E-state index in [2.05, 4.69) is 22.3 Å². The number of hydrogen-bond donors (Lipinski definition) is 2. The van der Waals surface area contributed by atoms with E-state index < -0.39 is 0 Å². The number of amides is 1. The van der Waals surface area contributed by atoms with Gasteiger partial charge in [0, 0.05) is 31.4 Å². The maximum atomic E-state index is 12.2. The molecular formula is C19H22N2O3. The molecular weight excluding hydrogens is 304 g/mol. The van der Waals surface area contributed by atoms with E-state index in [0.29, 0.717) is 18.2 Å². The van der Waals surface area contributed by atoms with Crippen LogP contribution in [-0.4, -0.2) is 37.8 Å². The monoisotopic (exact) mass is 326 g/mol. The Kier molecular flexibility index (Phi) is 4.89. The molecule has 1 fully saturated rings. The molecule has 1 amide bonds. The minimum absolute atomic E-state index is 0.0656. The summed E-state index contributed by atoms with van der Waals surface area (Å²) in [5.74, 6) is 0.616. The number of methoxy groups -OCH3 is 1. The molecule has 2 aromatic carbocycles. The van der Waals surface area contributed by atoms with Gasteiger partial charge >= 0.3 is 0 Å². The quantitative estimate of drug-likeness (QED) is 0.887. The number of phenolic OH excluding ortho intramolecular Hbond substituents is 1. The number of anilines is 1. The van der Waals surface area contributed by atoms with Crippen LogP contribution in [0.2, 0.25) is 0 Å². The minimum atomic E-state index is -0.256. The molecule has 0 unspecified atom stereocenters. The fourth-order valence-electron chi connectivity index (χ4n) is 3.04. The van der Waals surface area contributed by atoms with Crippen LogP contribution >= 0.6 is 0 Å². The van der Waals surface area contributed by atoms with Crippen molar-refractivity contribution in [2.75, 3.05) is 31.6 Å². The Balaban J connectivity index is 1.54. The fourth-order valence-corrected chi connectivity index (χ4v) is 3.04. The summed E-state index contributed by atoms with van der Waals surface area (Å²) < 4.78 is 5.03. The Labute approximate surface area is 141 Å². The highest BCUT2D eigenvalue weighted by atomic mass is 16.5. The molecule has 3 rings (SSSR count). The fraction of sp³-hybridized carbons (Fsp3) is 0.316. The molecule has 0 bridgehead atoms. The average Bonchev–Trinajstić information content (AvgIpc) is 3.09. The summed E-state index contributed by atoms with van der Waals surface area (Å²) in [6.07, 6.45) is 1.05. The second-order valence-corrected chi connectivity index (χ2v) is 6.03. The molecule has 1 aliphatic heterocycles. The second kappa shape index (κ2) is 7.25. The first kappa shape index (κ1) is 16.2. The summed E-state index contributed by atoms with van der Waals surface area (Å²) in [5, 5.41) is 12.9. The van der Waals surface area contributed by atoms with Crippen molar-refractivity contribution in [3.8, 4) is 11.5 Å². The lowest BCUT2D eigenvalue weighted by Crippen LogP contribution is -2.31. The zero-order chi connectivity index (χ0) is 16.9. The Morgan fingerprint density at radius 1 is 1.29 bits per heavy atom. The van der Waals surface area contributed by atoms with Crippen LogP contribution in [0, 0.1) is 5.92 Å². The number of nitrogens with one attached hydrogen (secondary N) is 1. The zero-order valence-electron chi connectivity index (χ0n) is 13.7. The molecule has 1 aliphatic rings. The van der Waals surface area contributed by atoms with E-state index in [0.717, 1.165) is 19.5 Å². The number of phenols is 1. The highest BCUT2D eigenvalue weighted by Crippen LogP contribution is 2.25. The summed E-state index contributed by atoms with van der Waals surface area (Å²) in [6.45, 7) is 2.53. The van der Waals surface area contributed by atoms with Crippen molar-refractivity contribution >= 4 is 11.6 Å². The van der Waals surface area contributed by atoms with Gasteiger partial charge in [-0.1, -0.05) is 18.2 Å². The van der Waals surface area contributed by atoms with Crippen LogP contribution in [0.4, 0.5) is 5.69 Å². The number of rotatable bonds is 5. The number of hydrogen-bond acceptors (Lipinski definition) is 4. The Hall–Kier alpha value is -2.69. The smallest absolute Gasteiger partial charge is 0.255 e. The Morgan fingerprint density at radius 3 is 2.79 bits per heavy atom. The largest absolute Gasteiger partial charge is 0.507 e. The number of aromatic hydroxyl groups is 1. The number of nitrogens with zero attached hydrogens (tertiary/aromatic N) is 1. The molecule has 5 heteroatoms. The lowest BCUT2D eigenvalue weighted by Gasteiger charge is -2.18. The predicted octanol–water partition coefficient (Wildman–Crippen LogP) is 2.66. The number of para-hydroxylation sites is 1. The lowest BCUT2D eigenvalue weighted by atomic mass is 10.1. The molecule has 1 saturated heterocycles. The molecule has 126 valence electrons. The first-order chi connectivity index (χ1) is 11.7. The van der Waals surface area contributed by atoms with Crippen molar-refractivity contribution in [1.29, 1.82) is 0 Å². The molecule has 0 aromatic heterocycles. The van der Waals surface area contributed by atoms with Gasteiger partial charge in [-0.2, -0.15) is 0 Å². The Bertz CT molecular complexity index is 703. The maximum absolute atomic E-state index is 12.2. The first-order valence-electron chi connectivity index (χ1n) is 8.12. The SMILES string of the molecule is COc1ccc(C(=O)NC[C@@H]2CCN(c3ccccc3)C2)c(O)c1. The van der Waals surface area contributed by atoms with Crippen LogP contribution in [0.1, 0.15) is 16.8 Å². The van der Waals surface area contributed by atoms with Crippen LogP contribution in [0.3, 0.4) is 0 Å². The molecule has 0 spiro atoms. The summed E-state index contributed by atoms with van der Waals surface area (Å²) in [6, 6.07) is 15.0. The second-order valence-electron chi connectivity index (χ2n) is 6.03. The normalized spacial score (nSPS) is 16.9. The van der Waals surface area contributed by atoms with Crippen molar-refractivity contribution in [3.05, 3.63) is 54.1 Å². The summed E-state index contributed by atoms with van der Waals surface area (Å²) in [5.41, 5.74) is 1.49. The average molecular weight is 326 g/mol. The van der Waals surface area contributed by atoms with E-state index in [4.69, 9.17) is 4.74 Å². The van der Waals surface area contributed by atoms with Gasteiger partial charge in [-0.25, -0.2) is 0 Å². The van der Waals surface area contributed by atoms with Crippen molar-refractivity contribution in [2.45, 2.75) is 6.42 Å². The number of benzene rings is 2. The third-order valence-electron chi connectivity index (χ3n) is 4.41. The third-order valence-corrected chi connectivity index (χ3v) is 4.41. The zero-order valence-corrected chi connectivity index (χ0v) is 13.7. The minimum Gasteiger partial charge on any atom is -0.507 e. The van der Waals surface area contributed by atoms with E-state index in [1.54, 1.807) is 12.1 Å².